The molecular formula is C19H14F4N4. The van der Waals surface area contributed by atoms with E-state index in [0.29, 0.717) is 12.0 Å². The summed E-state index contributed by atoms with van der Waals surface area (Å²) in [4.78, 5) is 11.7. The zero-order valence-corrected chi connectivity index (χ0v) is 13.9. The summed E-state index contributed by atoms with van der Waals surface area (Å²) in [6.45, 7) is 0. The molecule has 0 amide bonds. The number of rotatable bonds is 4. The van der Waals surface area contributed by atoms with Gasteiger partial charge in [0, 0.05) is 36.0 Å². The number of nitrogens with zero attached hydrogens (tertiary/aromatic N) is 3. The van der Waals surface area contributed by atoms with Crippen LogP contribution in [-0.2, 0) is 6.18 Å². The van der Waals surface area contributed by atoms with Crippen molar-refractivity contribution in [1.82, 2.24) is 15.0 Å². The fourth-order valence-corrected chi connectivity index (χ4v) is 2.94. The van der Waals surface area contributed by atoms with Crippen molar-refractivity contribution < 1.29 is 17.6 Å². The third-order valence-electron chi connectivity index (χ3n) is 4.34. The predicted octanol–water partition coefficient (Wildman–Crippen LogP) is 4.66. The predicted molar refractivity (Wildman–Crippen MR) is 91.4 cm³/mol. The van der Waals surface area contributed by atoms with Crippen LogP contribution in [0.2, 0.25) is 0 Å². The number of benzene rings is 1. The van der Waals surface area contributed by atoms with E-state index in [1.807, 2.05) is 0 Å². The number of hydrogen-bond donors (Lipinski definition) is 1. The standard InChI is InChI=1S/C19H14F4N4/c20-13-5-1-3-11(7-13)14-8-15(14)25-17-9-16(19(21,22)23)26-18(27-17)12-4-2-6-24-10-12/h1-7,9-10,14-15H,8H2,(H,25,26,27)/t14-,15+/m0/s1. The van der Waals surface area contributed by atoms with Crippen LogP contribution in [0.1, 0.15) is 23.6 Å². The van der Waals surface area contributed by atoms with E-state index in [-0.39, 0.29) is 29.4 Å². The van der Waals surface area contributed by atoms with Crippen LogP contribution in [0.15, 0.2) is 54.9 Å². The number of alkyl halides is 3. The molecule has 4 nitrogen and oxygen atoms in total. The summed E-state index contributed by atoms with van der Waals surface area (Å²) in [5.41, 5.74) is 0.177. The average Bonchev–Trinajstić information content (AvgIpc) is 3.40. The van der Waals surface area contributed by atoms with Crippen molar-refractivity contribution in [3.8, 4) is 11.4 Å². The average molecular weight is 374 g/mol. The molecule has 8 heteroatoms. The van der Waals surface area contributed by atoms with Crippen molar-refractivity contribution in [1.29, 1.82) is 0 Å². The largest absolute Gasteiger partial charge is 0.433 e. The molecule has 2 heterocycles. The minimum Gasteiger partial charge on any atom is -0.367 e. The maximum atomic E-state index is 13.4. The lowest BCUT2D eigenvalue weighted by atomic mass is 10.1. The highest BCUT2D eigenvalue weighted by Crippen LogP contribution is 2.43. The highest BCUT2D eigenvalue weighted by Gasteiger charge is 2.40. The van der Waals surface area contributed by atoms with Gasteiger partial charge in [-0.15, -0.1) is 0 Å². The molecular weight excluding hydrogens is 360 g/mol. The topological polar surface area (TPSA) is 50.7 Å². The quantitative estimate of drug-likeness (QED) is 0.675. The smallest absolute Gasteiger partial charge is 0.367 e. The minimum atomic E-state index is -4.60. The van der Waals surface area contributed by atoms with Crippen LogP contribution >= 0.6 is 0 Å². The Morgan fingerprint density at radius 3 is 2.59 bits per heavy atom. The van der Waals surface area contributed by atoms with Crippen LogP contribution in [0.4, 0.5) is 23.4 Å². The number of anilines is 1. The molecule has 1 fully saturated rings. The van der Waals surface area contributed by atoms with Gasteiger partial charge in [-0.2, -0.15) is 13.2 Å². The molecule has 2 aromatic heterocycles. The lowest BCUT2D eigenvalue weighted by Crippen LogP contribution is -2.13. The van der Waals surface area contributed by atoms with Gasteiger partial charge >= 0.3 is 6.18 Å². The van der Waals surface area contributed by atoms with Gasteiger partial charge in [-0.05, 0) is 36.2 Å². The van der Waals surface area contributed by atoms with Crippen molar-refractivity contribution in [2.45, 2.75) is 24.6 Å². The molecule has 0 aliphatic heterocycles. The molecule has 2 atom stereocenters. The van der Waals surface area contributed by atoms with Crippen molar-refractivity contribution in [2.24, 2.45) is 0 Å². The summed E-state index contributed by atoms with van der Waals surface area (Å²) >= 11 is 0. The van der Waals surface area contributed by atoms with E-state index in [9.17, 15) is 17.6 Å². The van der Waals surface area contributed by atoms with Gasteiger partial charge < -0.3 is 5.32 Å². The third-order valence-corrected chi connectivity index (χ3v) is 4.34. The molecule has 0 radical (unpaired) electrons. The lowest BCUT2D eigenvalue weighted by molar-refractivity contribution is -0.141. The summed E-state index contributed by atoms with van der Waals surface area (Å²) in [5, 5.41) is 3.01. The fraction of sp³-hybridized carbons (Fsp3) is 0.211. The van der Waals surface area contributed by atoms with Crippen molar-refractivity contribution in [3.63, 3.8) is 0 Å². The van der Waals surface area contributed by atoms with Crippen LogP contribution in [0.5, 0.6) is 0 Å². The second kappa shape index (κ2) is 6.61. The summed E-state index contributed by atoms with van der Waals surface area (Å²) in [7, 11) is 0. The zero-order chi connectivity index (χ0) is 19.0. The molecule has 1 aromatic carbocycles. The molecule has 138 valence electrons. The molecule has 0 bridgehead atoms. The first-order valence-corrected chi connectivity index (χ1v) is 8.29. The van der Waals surface area contributed by atoms with E-state index in [1.165, 1.54) is 24.5 Å². The van der Waals surface area contributed by atoms with Gasteiger partial charge in [0.1, 0.15) is 11.6 Å². The van der Waals surface area contributed by atoms with E-state index < -0.39 is 11.9 Å². The minimum absolute atomic E-state index is 0.0341. The fourth-order valence-electron chi connectivity index (χ4n) is 2.94. The van der Waals surface area contributed by atoms with E-state index in [0.717, 1.165) is 11.6 Å². The molecule has 3 aromatic rings. The first-order valence-electron chi connectivity index (χ1n) is 8.29. The number of pyridine rings is 1. The van der Waals surface area contributed by atoms with Crippen LogP contribution in [-0.4, -0.2) is 21.0 Å². The molecule has 0 unspecified atom stereocenters. The van der Waals surface area contributed by atoms with Crippen molar-refractivity contribution >= 4 is 5.82 Å². The van der Waals surface area contributed by atoms with Gasteiger partial charge in [-0.3, -0.25) is 4.98 Å². The summed E-state index contributed by atoms with van der Waals surface area (Å²) in [5.74, 6) is -0.270. The molecule has 4 rings (SSSR count). The monoisotopic (exact) mass is 374 g/mol. The molecule has 27 heavy (non-hydrogen) atoms. The first-order chi connectivity index (χ1) is 12.9. The Hall–Kier alpha value is -3.03. The second-order valence-electron chi connectivity index (χ2n) is 6.35. The van der Waals surface area contributed by atoms with Crippen molar-refractivity contribution in [3.05, 3.63) is 71.9 Å². The Labute approximate surface area is 152 Å². The van der Waals surface area contributed by atoms with Gasteiger partial charge in [0.15, 0.2) is 11.5 Å². The highest BCUT2D eigenvalue weighted by molar-refractivity contribution is 5.57. The molecule has 0 spiro atoms. The van der Waals surface area contributed by atoms with E-state index in [1.54, 1.807) is 24.3 Å². The van der Waals surface area contributed by atoms with E-state index in [4.69, 9.17) is 0 Å². The number of aromatic nitrogens is 3. The summed E-state index contributed by atoms with van der Waals surface area (Å²) in [6.07, 6.45) is -0.977. The highest BCUT2D eigenvalue weighted by atomic mass is 19.4. The number of nitrogens with one attached hydrogen (secondary N) is 1. The molecule has 0 saturated heterocycles. The maximum Gasteiger partial charge on any atom is 0.433 e. The Bertz CT molecular complexity index is 959. The van der Waals surface area contributed by atoms with Crippen LogP contribution < -0.4 is 5.32 Å². The molecule has 1 saturated carbocycles. The molecule has 1 aliphatic rings. The van der Waals surface area contributed by atoms with Gasteiger partial charge in [-0.1, -0.05) is 12.1 Å². The Morgan fingerprint density at radius 2 is 1.89 bits per heavy atom. The SMILES string of the molecule is Fc1cccc([C@@H]2C[C@H]2Nc2cc(C(F)(F)F)nc(-c3cccnc3)n2)c1. The maximum absolute atomic E-state index is 13.4. The second-order valence-corrected chi connectivity index (χ2v) is 6.35. The van der Waals surface area contributed by atoms with E-state index in [2.05, 4.69) is 20.3 Å². The Balaban J connectivity index is 1.61. The zero-order valence-electron chi connectivity index (χ0n) is 13.9. The first kappa shape index (κ1) is 17.4. The number of halogens is 4. The molecule has 1 aliphatic carbocycles. The normalized spacial score (nSPS) is 19.0. The van der Waals surface area contributed by atoms with Gasteiger partial charge in [0.05, 0.1) is 0 Å². The Kier molecular flexibility index (Phi) is 4.25. The van der Waals surface area contributed by atoms with Gasteiger partial charge in [0.2, 0.25) is 0 Å². The third kappa shape index (κ3) is 3.89. The van der Waals surface area contributed by atoms with Crippen LogP contribution in [0.25, 0.3) is 11.4 Å². The lowest BCUT2D eigenvalue weighted by Gasteiger charge is -2.12. The van der Waals surface area contributed by atoms with Gasteiger partial charge in [0.25, 0.3) is 0 Å². The summed E-state index contributed by atoms with van der Waals surface area (Å²) < 4.78 is 53.0. The Morgan fingerprint density at radius 1 is 1.04 bits per heavy atom. The van der Waals surface area contributed by atoms with Crippen LogP contribution in [0.3, 0.4) is 0 Å². The number of hydrogen-bond acceptors (Lipinski definition) is 4. The van der Waals surface area contributed by atoms with Gasteiger partial charge in [-0.25, -0.2) is 14.4 Å². The van der Waals surface area contributed by atoms with Crippen LogP contribution in [0, 0.1) is 5.82 Å². The van der Waals surface area contributed by atoms with E-state index >= 15 is 0 Å². The summed E-state index contributed by atoms with van der Waals surface area (Å²) in [6, 6.07) is 10.2. The molecule has 1 N–H and O–H groups in total. The van der Waals surface area contributed by atoms with Crippen molar-refractivity contribution in [2.75, 3.05) is 5.32 Å².